The molecule has 8 heteroatoms. The first kappa shape index (κ1) is 16.4. The van der Waals surface area contributed by atoms with Crippen molar-refractivity contribution in [3.8, 4) is 0 Å². The van der Waals surface area contributed by atoms with Gasteiger partial charge in [-0.05, 0) is 29.3 Å². The molecule has 4 rings (SSSR count). The highest BCUT2D eigenvalue weighted by molar-refractivity contribution is 6.30. The second kappa shape index (κ2) is 6.68. The van der Waals surface area contributed by atoms with Gasteiger partial charge in [0.1, 0.15) is 6.04 Å². The van der Waals surface area contributed by atoms with E-state index < -0.39 is 6.04 Å². The average Bonchev–Trinajstić information content (AvgIpc) is 3.28. The van der Waals surface area contributed by atoms with E-state index in [1.165, 1.54) is 0 Å². The van der Waals surface area contributed by atoms with Crippen molar-refractivity contribution in [2.75, 3.05) is 6.54 Å². The molecule has 26 heavy (non-hydrogen) atoms. The zero-order chi connectivity index (χ0) is 18.1. The van der Waals surface area contributed by atoms with Gasteiger partial charge < -0.3 is 16.0 Å². The van der Waals surface area contributed by atoms with Crippen LogP contribution in [0, 0.1) is 0 Å². The molecule has 0 radical (unpaired) electrons. The summed E-state index contributed by atoms with van der Waals surface area (Å²) in [5.74, 6) is -0.256. The third-order valence-electron chi connectivity index (χ3n) is 4.38. The number of rotatable bonds is 4. The predicted octanol–water partition coefficient (Wildman–Crippen LogP) is 2.10. The fourth-order valence-electron chi connectivity index (χ4n) is 3.00. The van der Waals surface area contributed by atoms with Gasteiger partial charge in [-0.3, -0.25) is 9.89 Å². The second-order valence-corrected chi connectivity index (χ2v) is 6.55. The van der Waals surface area contributed by atoms with Crippen LogP contribution < -0.4 is 16.0 Å². The lowest BCUT2D eigenvalue weighted by Gasteiger charge is -2.22. The van der Waals surface area contributed by atoms with Gasteiger partial charge in [0.2, 0.25) is 5.91 Å². The maximum Gasteiger partial charge on any atom is 0.315 e. The van der Waals surface area contributed by atoms with Crippen LogP contribution in [0.5, 0.6) is 0 Å². The van der Waals surface area contributed by atoms with Gasteiger partial charge in [-0.1, -0.05) is 35.9 Å². The lowest BCUT2D eigenvalue weighted by Crippen LogP contribution is -2.44. The molecule has 0 spiro atoms. The maximum absolute atomic E-state index is 12.6. The molecule has 0 aliphatic carbocycles. The third kappa shape index (κ3) is 3.21. The molecule has 2 atom stereocenters. The lowest BCUT2D eigenvalue weighted by atomic mass is 9.97. The normalized spacial score (nSPS) is 17.6. The number of nitrogens with one attached hydrogen (secondary N) is 4. The maximum atomic E-state index is 12.6. The predicted molar refractivity (Wildman–Crippen MR) is 97.9 cm³/mol. The van der Waals surface area contributed by atoms with Crippen molar-refractivity contribution in [2.24, 2.45) is 0 Å². The summed E-state index contributed by atoms with van der Waals surface area (Å²) in [6, 6.07) is 11.8. The van der Waals surface area contributed by atoms with E-state index in [1.54, 1.807) is 18.3 Å². The van der Waals surface area contributed by atoms with E-state index in [4.69, 9.17) is 11.6 Å². The van der Waals surface area contributed by atoms with Crippen LogP contribution in [0.2, 0.25) is 5.02 Å². The minimum Gasteiger partial charge on any atom is -0.343 e. The molecule has 132 valence electrons. The molecule has 0 saturated carbocycles. The molecule has 3 aromatic rings. The number of aromatic nitrogens is 2. The number of amides is 3. The van der Waals surface area contributed by atoms with Gasteiger partial charge in [0.15, 0.2) is 0 Å². The van der Waals surface area contributed by atoms with Gasteiger partial charge in [0.05, 0.1) is 17.8 Å². The van der Waals surface area contributed by atoms with Crippen molar-refractivity contribution in [1.82, 2.24) is 26.1 Å². The molecule has 1 aliphatic heterocycles. The minimum atomic E-state index is -0.604. The molecular weight excluding hydrogens is 354 g/mol. The number of nitrogens with zero attached hydrogens (tertiary/aromatic N) is 1. The van der Waals surface area contributed by atoms with E-state index >= 15 is 0 Å². The molecule has 2 heterocycles. The molecular formula is C18H16ClN5O2. The number of halogens is 1. The monoisotopic (exact) mass is 369 g/mol. The van der Waals surface area contributed by atoms with Crippen LogP contribution in [0.4, 0.5) is 4.79 Å². The molecule has 0 bridgehead atoms. The number of benzene rings is 2. The van der Waals surface area contributed by atoms with Crippen LogP contribution >= 0.6 is 11.6 Å². The highest BCUT2D eigenvalue weighted by Crippen LogP contribution is 2.26. The van der Waals surface area contributed by atoms with Crippen molar-refractivity contribution < 1.29 is 9.59 Å². The Bertz CT molecular complexity index is 969. The summed E-state index contributed by atoms with van der Waals surface area (Å²) in [5.41, 5.74) is 2.67. The van der Waals surface area contributed by atoms with E-state index in [0.29, 0.717) is 5.02 Å². The summed E-state index contributed by atoms with van der Waals surface area (Å²) in [6.45, 7) is 0.261. The van der Waals surface area contributed by atoms with E-state index in [9.17, 15) is 9.59 Å². The van der Waals surface area contributed by atoms with Gasteiger partial charge >= 0.3 is 6.03 Å². The number of hydrogen-bond acceptors (Lipinski definition) is 3. The van der Waals surface area contributed by atoms with E-state index in [-0.39, 0.29) is 24.5 Å². The molecule has 4 N–H and O–H groups in total. The molecule has 0 unspecified atom stereocenters. The Labute approximate surface area is 154 Å². The number of H-pyrrole nitrogens is 1. The van der Waals surface area contributed by atoms with Crippen LogP contribution in [0.15, 0.2) is 48.7 Å². The highest BCUT2D eigenvalue weighted by Gasteiger charge is 2.29. The van der Waals surface area contributed by atoms with Crippen molar-refractivity contribution in [3.63, 3.8) is 0 Å². The standard InChI is InChI=1S/C18H16ClN5O2/c19-13-5-3-10(4-6-13)16(23-17(25)15-9-20-18(26)22-15)11-1-2-12-8-21-24-14(12)7-11/h1-8,15-16H,9H2,(H,21,24)(H,23,25)(H2,20,22,26)/t15-,16-/m0/s1. The quantitative estimate of drug-likeness (QED) is 0.566. The summed E-state index contributed by atoms with van der Waals surface area (Å²) in [7, 11) is 0. The topological polar surface area (TPSA) is 98.9 Å². The number of hydrogen-bond donors (Lipinski definition) is 4. The number of urea groups is 1. The van der Waals surface area contributed by atoms with E-state index in [1.807, 2.05) is 30.3 Å². The van der Waals surface area contributed by atoms with Crippen molar-refractivity contribution in [3.05, 3.63) is 64.8 Å². The number of aromatic amines is 1. The van der Waals surface area contributed by atoms with E-state index in [0.717, 1.165) is 22.0 Å². The molecule has 7 nitrogen and oxygen atoms in total. The van der Waals surface area contributed by atoms with Crippen molar-refractivity contribution in [2.45, 2.75) is 12.1 Å². The van der Waals surface area contributed by atoms with Gasteiger partial charge in [0.25, 0.3) is 0 Å². The summed E-state index contributed by atoms with van der Waals surface area (Å²) in [5, 5.41) is 16.8. The van der Waals surface area contributed by atoms with Crippen molar-refractivity contribution in [1.29, 1.82) is 0 Å². The summed E-state index contributed by atoms with van der Waals surface area (Å²) in [6.07, 6.45) is 1.74. The summed E-state index contributed by atoms with van der Waals surface area (Å²) in [4.78, 5) is 23.9. The Balaban J connectivity index is 1.67. The third-order valence-corrected chi connectivity index (χ3v) is 4.63. The Morgan fingerprint density at radius 2 is 1.96 bits per heavy atom. The molecule has 3 amide bonds. The van der Waals surface area contributed by atoms with Crippen LogP contribution in [0.25, 0.3) is 10.9 Å². The highest BCUT2D eigenvalue weighted by atomic mass is 35.5. The zero-order valence-electron chi connectivity index (χ0n) is 13.6. The molecule has 1 aliphatic rings. The minimum absolute atomic E-state index is 0.256. The van der Waals surface area contributed by atoms with Crippen LogP contribution in [0.1, 0.15) is 17.2 Å². The second-order valence-electron chi connectivity index (χ2n) is 6.12. The SMILES string of the molecule is O=C1NC[C@@H](C(=O)N[C@@H](c2ccc(Cl)cc2)c2ccc3cn[nH]c3c2)N1. The Morgan fingerprint density at radius 3 is 2.69 bits per heavy atom. The van der Waals surface area contributed by atoms with E-state index in [2.05, 4.69) is 26.1 Å². The fraction of sp³-hybridized carbons (Fsp3) is 0.167. The molecule has 1 aromatic heterocycles. The first-order valence-electron chi connectivity index (χ1n) is 8.13. The van der Waals surface area contributed by atoms with Crippen LogP contribution in [0.3, 0.4) is 0 Å². The fourth-order valence-corrected chi connectivity index (χ4v) is 3.13. The van der Waals surface area contributed by atoms with Gasteiger partial charge in [-0.15, -0.1) is 0 Å². The van der Waals surface area contributed by atoms with Gasteiger partial charge in [0, 0.05) is 17.0 Å². The summed E-state index contributed by atoms with van der Waals surface area (Å²) < 4.78 is 0. The lowest BCUT2D eigenvalue weighted by molar-refractivity contribution is -0.122. The number of carbonyl (C=O) groups excluding carboxylic acids is 2. The first-order valence-corrected chi connectivity index (χ1v) is 8.51. The molecule has 2 aromatic carbocycles. The average molecular weight is 370 g/mol. The van der Waals surface area contributed by atoms with Crippen LogP contribution in [-0.2, 0) is 4.79 Å². The number of fused-ring (bicyclic) bond motifs is 1. The summed E-state index contributed by atoms with van der Waals surface area (Å²) >= 11 is 5.99. The van der Waals surface area contributed by atoms with Gasteiger partial charge in [-0.25, -0.2) is 4.79 Å². The van der Waals surface area contributed by atoms with Crippen molar-refractivity contribution >= 4 is 34.4 Å². The Kier molecular flexibility index (Phi) is 4.22. The van der Waals surface area contributed by atoms with Crippen LogP contribution in [-0.4, -0.2) is 34.7 Å². The molecule has 1 saturated heterocycles. The first-order chi connectivity index (χ1) is 12.6. The largest absolute Gasteiger partial charge is 0.343 e. The molecule has 1 fully saturated rings. The number of carbonyl (C=O) groups is 2. The zero-order valence-corrected chi connectivity index (χ0v) is 14.4. The Hall–Kier alpha value is -3.06. The smallest absolute Gasteiger partial charge is 0.315 e. The van der Waals surface area contributed by atoms with Gasteiger partial charge in [-0.2, -0.15) is 5.10 Å². The Morgan fingerprint density at radius 1 is 1.19 bits per heavy atom.